The number of aliphatic hydroxyl groups is 1. The van der Waals surface area contributed by atoms with Crippen LogP contribution in [0.5, 0.6) is 0 Å². The van der Waals surface area contributed by atoms with Crippen LogP contribution in [0.25, 0.3) is 0 Å². The molecule has 3 atom stereocenters. The molecular formula is C14H27N3O4. The van der Waals surface area contributed by atoms with Gasteiger partial charge in [-0.2, -0.15) is 0 Å². The van der Waals surface area contributed by atoms with Gasteiger partial charge in [0.15, 0.2) is 0 Å². The smallest absolute Gasteiger partial charge is 0.250 e. The van der Waals surface area contributed by atoms with Crippen LogP contribution in [0.2, 0.25) is 0 Å². The molecule has 0 saturated carbocycles. The van der Waals surface area contributed by atoms with E-state index < -0.39 is 18.1 Å². The van der Waals surface area contributed by atoms with Gasteiger partial charge >= 0.3 is 0 Å². The summed E-state index contributed by atoms with van der Waals surface area (Å²) in [6.45, 7) is 6.08. The number of amides is 2. The van der Waals surface area contributed by atoms with E-state index in [1.807, 2.05) is 13.8 Å². The van der Waals surface area contributed by atoms with E-state index in [9.17, 15) is 14.7 Å². The average molecular weight is 301 g/mol. The second-order valence-corrected chi connectivity index (χ2v) is 5.88. The lowest BCUT2D eigenvalue weighted by atomic mass is 9.95. The monoisotopic (exact) mass is 301 g/mol. The molecule has 0 aromatic carbocycles. The first-order valence-electron chi connectivity index (χ1n) is 7.48. The molecule has 122 valence electrons. The number of nitrogens with one attached hydrogen (secondary N) is 2. The predicted molar refractivity (Wildman–Crippen MR) is 78.4 cm³/mol. The van der Waals surface area contributed by atoms with Crippen LogP contribution in [0.15, 0.2) is 0 Å². The van der Waals surface area contributed by atoms with Crippen molar-refractivity contribution < 1.29 is 19.4 Å². The molecule has 5 N–H and O–H groups in total. The van der Waals surface area contributed by atoms with Gasteiger partial charge in [0.2, 0.25) is 5.91 Å². The van der Waals surface area contributed by atoms with Crippen LogP contribution in [0.3, 0.4) is 0 Å². The van der Waals surface area contributed by atoms with Gasteiger partial charge in [0.05, 0.1) is 6.61 Å². The van der Waals surface area contributed by atoms with Gasteiger partial charge in [0, 0.05) is 31.7 Å². The van der Waals surface area contributed by atoms with Gasteiger partial charge in [-0.05, 0) is 18.8 Å². The molecule has 1 saturated heterocycles. The molecule has 1 aliphatic heterocycles. The second-order valence-electron chi connectivity index (χ2n) is 5.88. The van der Waals surface area contributed by atoms with Gasteiger partial charge in [-0.1, -0.05) is 13.8 Å². The van der Waals surface area contributed by atoms with Crippen LogP contribution in [-0.2, 0) is 14.3 Å². The molecule has 21 heavy (non-hydrogen) atoms. The van der Waals surface area contributed by atoms with Crippen molar-refractivity contribution in [2.24, 2.45) is 17.6 Å². The quantitative estimate of drug-likeness (QED) is 0.408. The maximum absolute atomic E-state index is 11.7. The first-order valence-corrected chi connectivity index (χ1v) is 7.48. The highest BCUT2D eigenvalue weighted by Crippen LogP contribution is 2.16. The van der Waals surface area contributed by atoms with Crippen molar-refractivity contribution in [3.8, 4) is 0 Å². The van der Waals surface area contributed by atoms with Crippen LogP contribution >= 0.6 is 0 Å². The number of aliphatic hydroxyl groups excluding tert-OH is 1. The molecule has 2 unspecified atom stereocenters. The summed E-state index contributed by atoms with van der Waals surface area (Å²) in [5, 5.41) is 15.2. The Bertz CT molecular complexity index is 349. The summed E-state index contributed by atoms with van der Waals surface area (Å²) in [7, 11) is 0. The second kappa shape index (κ2) is 8.96. The Hall–Kier alpha value is -1.18. The summed E-state index contributed by atoms with van der Waals surface area (Å²) in [5.74, 6) is -0.344. The minimum atomic E-state index is -1.30. The van der Waals surface area contributed by atoms with Crippen LogP contribution in [0, 0.1) is 11.8 Å². The Morgan fingerprint density at radius 2 is 2.29 bits per heavy atom. The Balaban J connectivity index is 2.21. The fourth-order valence-corrected chi connectivity index (χ4v) is 2.19. The van der Waals surface area contributed by atoms with E-state index in [0.717, 1.165) is 0 Å². The summed E-state index contributed by atoms with van der Waals surface area (Å²) in [6.07, 6.45) is -0.294. The number of hydrogen-bond acceptors (Lipinski definition) is 5. The molecule has 0 radical (unpaired) electrons. The molecule has 7 nitrogen and oxygen atoms in total. The molecule has 7 heteroatoms. The Morgan fingerprint density at radius 1 is 1.57 bits per heavy atom. The number of rotatable bonds is 9. The summed E-state index contributed by atoms with van der Waals surface area (Å²) in [4.78, 5) is 23.2. The van der Waals surface area contributed by atoms with Gasteiger partial charge in [-0.25, -0.2) is 0 Å². The minimum Gasteiger partial charge on any atom is -0.382 e. The van der Waals surface area contributed by atoms with E-state index in [2.05, 4.69) is 10.6 Å². The summed E-state index contributed by atoms with van der Waals surface area (Å²) in [5.41, 5.74) is 5.81. The molecule has 1 fully saturated rings. The average Bonchev–Trinajstić information content (AvgIpc) is 2.82. The summed E-state index contributed by atoms with van der Waals surface area (Å²) in [6, 6.07) is -0.740. The third-order valence-corrected chi connectivity index (χ3v) is 3.39. The third-order valence-electron chi connectivity index (χ3n) is 3.39. The molecule has 1 heterocycles. The van der Waals surface area contributed by atoms with Crippen LogP contribution < -0.4 is 16.4 Å². The van der Waals surface area contributed by atoms with Crippen LogP contribution in [0.4, 0.5) is 0 Å². The van der Waals surface area contributed by atoms with Crippen molar-refractivity contribution in [3.05, 3.63) is 0 Å². The lowest BCUT2D eigenvalue weighted by Crippen LogP contribution is -2.48. The Kier molecular flexibility index (Phi) is 7.63. The molecule has 0 aromatic rings. The first kappa shape index (κ1) is 17.9. The first-order chi connectivity index (χ1) is 9.91. The largest absolute Gasteiger partial charge is 0.382 e. The predicted octanol–water partition coefficient (Wildman–Crippen LogP) is -1.01. The van der Waals surface area contributed by atoms with Crippen molar-refractivity contribution in [1.82, 2.24) is 10.6 Å². The Labute approximate surface area is 125 Å². The number of ether oxygens (including phenoxy) is 1. The Morgan fingerprint density at radius 3 is 2.86 bits per heavy atom. The van der Waals surface area contributed by atoms with Crippen LogP contribution in [-0.4, -0.2) is 55.4 Å². The lowest BCUT2D eigenvalue weighted by molar-refractivity contribution is -0.131. The van der Waals surface area contributed by atoms with Crippen molar-refractivity contribution in [1.29, 1.82) is 0 Å². The minimum absolute atomic E-state index is 0.0554. The number of nitrogens with two attached hydrogens (primary N) is 1. The van der Waals surface area contributed by atoms with E-state index in [1.165, 1.54) is 0 Å². The molecule has 1 aliphatic rings. The van der Waals surface area contributed by atoms with E-state index in [1.54, 1.807) is 0 Å². The van der Waals surface area contributed by atoms with E-state index in [4.69, 9.17) is 10.5 Å². The van der Waals surface area contributed by atoms with Gasteiger partial charge in [0.25, 0.3) is 5.91 Å². The maximum atomic E-state index is 11.7. The molecule has 0 aromatic heterocycles. The number of carbonyl (C=O) groups is 2. The SMILES string of the molecule is CC(C)COCCNC(=O)C(O)C(N)C[C@@H]1CCNC1=O. The lowest BCUT2D eigenvalue weighted by Gasteiger charge is -2.20. The molecule has 0 aliphatic carbocycles. The van der Waals surface area contributed by atoms with Crippen molar-refractivity contribution >= 4 is 11.8 Å². The standard InChI is InChI=1S/C14H27N3O4/c1-9(2)8-21-6-5-17-14(20)12(18)11(15)7-10-3-4-16-13(10)19/h9-12,18H,3-8,15H2,1-2H3,(H,16,19)(H,17,20)/t10-,11?,12?/m0/s1. The van der Waals surface area contributed by atoms with E-state index >= 15 is 0 Å². The zero-order valence-electron chi connectivity index (χ0n) is 12.8. The van der Waals surface area contributed by atoms with Gasteiger partial charge in [-0.15, -0.1) is 0 Å². The van der Waals surface area contributed by atoms with E-state index in [0.29, 0.717) is 45.1 Å². The molecular weight excluding hydrogens is 274 g/mol. The zero-order chi connectivity index (χ0) is 15.8. The highest BCUT2D eigenvalue weighted by molar-refractivity contribution is 5.82. The zero-order valence-corrected chi connectivity index (χ0v) is 12.8. The molecule has 1 rings (SSSR count). The normalized spacial score (nSPS) is 21.2. The maximum Gasteiger partial charge on any atom is 0.250 e. The highest BCUT2D eigenvalue weighted by atomic mass is 16.5. The summed E-state index contributed by atoms with van der Waals surface area (Å²) < 4.78 is 5.33. The molecule has 0 spiro atoms. The van der Waals surface area contributed by atoms with Crippen molar-refractivity contribution in [3.63, 3.8) is 0 Å². The van der Waals surface area contributed by atoms with Crippen molar-refractivity contribution in [2.75, 3.05) is 26.3 Å². The van der Waals surface area contributed by atoms with Gasteiger partial charge < -0.3 is 26.2 Å². The van der Waals surface area contributed by atoms with Gasteiger partial charge in [-0.3, -0.25) is 9.59 Å². The molecule has 0 bridgehead atoms. The van der Waals surface area contributed by atoms with E-state index in [-0.39, 0.29) is 11.8 Å². The van der Waals surface area contributed by atoms with Gasteiger partial charge in [0.1, 0.15) is 6.10 Å². The topological polar surface area (TPSA) is 114 Å². The van der Waals surface area contributed by atoms with Crippen molar-refractivity contribution in [2.45, 2.75) is 38.8 Å². The fourth-order valence-electron chi connectivity index (χ4n) is 2.19. The highest BCUT2D eigenvalue weighted by Gasteiger charge is 2.30. The molecule has 2 amide bonds. The number of carbonyl (C=O) groups excluding carboxylic acids is 2. The third kappa shape index (κ3) is 6.41. The summed E-state index contributed by atoms with van der Waals surface area (Å²) >= 11 is 0. The van der Waals surface area contributed by atoms with Crippen LogP contribution in [0.1, 0.15) is 26.7 Å². The number of hydrogen-bond donors (Lipinski definition) is 4. The fraction of sp³-hybridized carbons (Fsp3) is 0.857.